The molecule has 0 aliphatic rings. The molecule has 69 heavy (non-hydrogen) atoms. The van der Waals surface area contributed by atoms with E-state index in [9.17, 15) is 0 Å². The van der Waals surface area contributed by atoms with Crippen molar-refractivity contribution in [2.45, 2.75) is 0 Å². The Hall–Kier alpha value is -9.67. The summed E-state index contributed by atoms with van der Waals surface area (Å²) in [4.78, 5) is 36.5. The second-order valence-electron chi connectivity index (χ2n) is 17.0. The zero-order chi connectivity index (χ0) is 45.4. The summed E-state index contributed by atoms with van der Waals surface area (Å²) < 4.78 is 6.73. The van der Waals surface area contributed by atoms with Gasteiger partial charge in [-0.2, -0.15) is 9.97 Å². The number of fused-ring (bicyclic) bond motifs is 10. The van der Waals surface area contributed by atoms with Crippen molar-refractivity contribution < 1.29 is 0 Å². The number of rotatable bonds is 7. The molecule has 322 valence electrons. The molecule has 14 rings (SSSR count). The van der Waals surface area contributed by atoms with E-state index >= 15 is 0 Å². The average Bonchev–Trinajstić information content (AvgIpc) is 4.07. The molecule has 0 fully saturated rings. The predicted octanol–water partition coefficient (Wildman–Crippen LogP) is 13.4. The Bertz CT molecular complexity index is 4200. The van der Waals surface area contributed by atoms with Crippen LogP contribution in [0.2, 0.25) is 0 Å². The first-order valence-corrected chi connectivity index (χ1v) is 22.8. The third kappa shape index (κ3) is 6.16. The number of aromatic nitrogens is 10. The molecular weight excluding hydrogens is 849 g/mol. The third-order valence-corrected chi connectivity index (χ3v) is 13.0. The summed E-state index contributed by atoms with van der Waals surface area (Å²) in [5, 5.41) is 6.63. The average molecular weight is 885 g/mol. The lowest BCUT2D eigenvalue weighted by atomic mass is 10.1. The highest BCUT2D eigenvalue weighted by molar-refractivity contribution is 6.23. The van der Waals surface area contributed by atoms with Crippen molar-refractivity contribution in [2.24, 2.45) is 0 Å². The minimum Gasteiger partial charge on any atom is -0.294 e. The lowest BCUT2D eigenvalue weighted by Gasteiger charge is -2.14. The summed E-state index contributed by atoms with van der Waals surface area (Å²) in [7, 11) is 0. The van der Waals surface area contributed by atoms with Crippen molar-refractivity contribution in [3.63, 3.8) is 0 Å². The SMILES string of the molecule is c1ccc(-c2nc(-c3ccccc3)nc(-c3nc(-c4ccccc4)nc(-n4c5ccccc5c5ccc6c7ccccc7n(-c7cccc(-n8c9ccccc9c9ccccc98)n7)c6c54)n3)n2)cc1. The summed E-state index contributed by atoms with van der Waals surface area (Å²) in [6, 6.07) is 74.7. The fraction of sp³-hybridized carbons (Fsp3) is 0. The van der Waals surface area contributed by atoms with Crippen LogP contribution in [0.1, 0.15) is 0 Å². The number of nitrogens with zero attached hydrogens (tertiary/aromatic N) is 10. The van der Waals surface area contributed by atoms with Gasteiger partial charge < -0.3 is 0 Å². The molecule has 14 aromatic rings. The van der Waals surface area contributed by atoms with E-state index in [4.69, 9.17) is 34.9 Å². The molecule has 0 saturated heterocycles. The number of hydrogen-bond acceptors (Lipinski definition) is 7. The molecular formula is C59H36N10. The van der Waals surface area contributed by atoms with E-state index in [2.05, 4.69) is 141 Å². The van der Waals surface area contributed by atoms with Crippen LogP contribution in [0.3, 0.4) is 0 Å². The van der Waals surface area contributed by atoms with Crippen LogP contribution in [-0.4, -0.2) is 48.6 Å². The van der Waals surface area contributed by atoms with Gasteiger partial charge in [0.1, 0.15) is 11.6 Å². The molecule has 6 heterocycles. The maximum absolute atomic E-state index is 5.55. The van der Waals surface area contributed by atoms with Crippen LogP contribution in [0.15, 0.2) is 218 Å². The first-order chi connectivity index (χ1) is 34.2. The van der Waals surface area contributed by atoms with E-state index in [1.807, 2.05) is 91.0 Å². The molecule has 0 atom stereocenters. The van der Waals surface area contributed by atoms with Crippen LogP contribution in [0, 0.1) is 0 Å². The predicted molar refractivity (Wildman–Crippen MR) is 276 cm³/mol. The molecule has 8 aromatic carbocycles. The summed E-state index contributed by atoms with van der Waals surface area (Å²) in [6.45, 7) is 0. The minimum atomic E-state index is 0.315. The van der Waals surface area contributed by atoms with Crippen molar-refractivity contribution in [3.05, 3.63) is 218 Å². The lowest BCUT2D eigenvalue weighted by Crippen LogP contribution is -2.09. The van der Waals surface area contributed by atoms with Gasteiger partial charge in [-0.3, -0.25) is 13.7 Å². The second kappa shape index (κ2) is 15.5. The first kappa shape index (κ1) is 38.6. The van der Waals surface area contributed by atoms with Crippen molar-refractivity contribution in [1.82, 2.24) is 48.6 Å². The summed E-state index contributed by atoms with van der Waals surface area (Å²) in [5.74, 6) is 4.17. The van der Waals surface area contributed by atoms with Gasteiger partial charge in [-0.1, -0.05) is 182 Å². The Kier molecular flexibility index (Phi) is 8.65. The van der Waals surface area contributed by atoms with Gasteiger partial charge in [-0.05, 0) is 36.4 Å². The van der Waals surface area contributed by atoms with E-state index in [-0.39, 0.29) is 0 Å². The Morgan fingerprint density at radius 3 is 1.04 bits per heavy atom. The maximum atomic E-state index is 5.55. The Morgan fingerprint density at radius 1 is 0.217 bits per heavy atom. The molecule has 0 N–H and O–H groups in total. The molecule has 6 aromatic heterocycles. The van der Waals surface area contributed by atoms with Crippen molar-refractivity contribution >= 4 is 65.4 Å². The number of hydrogen-bond donors (Lipinski definition) is 0. The first-order valence-electron chi connectivity index (χ1n) is 22.8. The fourth-order valence-electron chi connectivity index (χ4n) is 9.97. The van der Waals surface area contributed by atoms with Crippen LogP contribution in [-0.2, 0) is 0 Å². The van der Waals surface area contributed by atoms with Gasteiger partial charge in [0, 0.05) is 49.0 Å². The molecule has 10 nitrogen and oxygen atoms in total. The van der Waals surface area contributed by atoms with Gasteiger partial charge in [0.15, 0.2) is 17.5 Å². The molecule has 0 bridgehead atoms. The van der Waals surface area contributed by atoms with Crippen molar-refractivity contribution in [2.75, 3.05) is 0 Å². The smallest absolute Gasteiger partial charge is 0.238 e. The molecule has 0 aliphatic carbocycles. The van der Waals surface area contributed by atoms with Crippen LogP contribution in [0.25, 0.3) is 129 Å². The molecule has 0 unspecified atom stereocenters. The monoisotopic (exact) mass is 884 g/mol. The normalized spacial score (nSPS) is 11.8. The van der Waals surface area contributed by atoms with Gasteiger partial charge in [-0.25, -0.2) is 24.9 Å². The summed E-state index contributed by atoms with van der Waals surface area (Å²) in [5.41, 5.74) is 8.58. The second-order valence-corrected chi connectivity index (χ2v) is 17.0. The van der Waals surface area contributed by atoms with E-state index in [1.54, 1.807) is 0 Å². The molecule has 0 spiro atoms. The highest BCUT2D eigenvalue weighted by atomic mass is 15.2. The summed E-state index contributed by atoms with van der Waals surface area (Å²) in [6.07, 6.45) is 0. The van der Waals surface area contributed by atoms with Crippen LogP contribution < -0.4 is 0 Å². The molecule has 0 amide bonds. The van der Waals surface area contributed by atoms with Gasteiger partial charge in [0.25, 0.3) is 0 Å². The molecule has 0 aliphatic heterocycles. The van der Waals surface area contributed by atoms with Crippen LogP contribution in [0.4, 0.5) is 0 Å². The fourth-order valence-corrected chi connectivity index (χ4v) is 9.97. The van der Waals surface area contributed by atoms with Gasteiger partial charge in [0.2, 0.25) is 17.6 Å². The molecule has 0 saturated carbocycles. The van der Waals surface area contributed by atoms with Crippen LogP contribution in [0.5, 0.6) is 0 Å². The maximum Gasteiger partial charge on any atom is 0.238 e. The van der Waals surface area contributed by atoms with E-state index < -0.39 is 0 Å². The number of benzene rings is 8. The third-order valence-electron chi connectivity index (χ3n) is 13.0. The molecule has 0 radical (unpaired) electrons. The zero-order valence-corrected chi connectivity index (χ0v) is 36.8. The van der Waals surface area contributed by atoms with Crippen molar-refractivity contribution in [3.8, 4) is 63.4 Å². The van der Waals surface area contributed by atoms with Gasteiger partial charge in [0.05, 0.1) is 33.1 Å². The quantitative estimate of drug-likeness (QED) is 0.157. The standard InChI is InChI=1S/C59H36N10/c1-4-19-37(20-5-1)54-61-55(38-21-6-2-7-22-38)63-57(62-54)58-64-56(39-23-8-3-9-24-39)65-59(66-58)69-49-32-17-13-28-43(49)45-36-35-44-42-27-12-16-31-48(42)68(52(44)53(45)69)51-34-18-33-50(60-51)67-46-29-14-10-25-40(46)41-26-11-15-30-47(41)67/h1-36H. The summed E-state index contributed by atoms with van der Waals surface area (Å²) >= 11 is 0. The number of pyridine rings is 1. The topological polar surface area (TPSA) is 105 Å². The van der Waals surface area contributed by atoms with E-state index in [1.165, 1.54) is 10.8 Å². The van der Waals surface area contributed by atoms with Gasteiger partial charge >= 0.3 is 0 Å². The highest BCUT2D eigenvalue weighted by Crippen LogP contribution is 2.42. The zero-order valence-electron chi connectivity index (χ0n) is 36.8. The lowest BCUT2D eigenvalue weighted by molar-refractivity contribution is 0.933. The Morgan fingerprint density at radius 2 is 0.551 bits per heavy atom. The number of para-hydroxylation sites is 4. The van der Waals surface area contributed by atoms with E-state index in [0.717, 1.165) is 83.0 Å². The molecule has 10 heteroatoms. The minimum absolute atomic E-state index is 0.315. The highest BCUT2D eigenvalue weighted by Gasteiger charge is 2.25. The Labute approximate surface area is 394 Å². The Balaban J connectivity index is 1.07. The van der Waals surface area contributed by atoms with Crippen LogP contribution >= 0.6 is 0 Å². The van der Waals surface area contributed by atoms with Gasteiger partial charge in [-0.15, -0.1) is 0 Å². The van der Waals surface area contributed by atoms with Crippen molar-refractivity contribution in [1.29, 1.82) is 0 Å². The largest absolute Gasteiger partial charge is 0.294 e. The van der Waals surface area contributed by atoms with E-state index in [0.29, 0.717) is 35.1 Å².